The lowest BCUT2D eigenvalue weighted by Crippen LogP contribution is -2.42. The number of amides is 1. The molecule has 1 aromatic rings. The van der Waals surface area contributed by atoms with Crippen LogP contribution in [-0.2, 0) is 14.3 Å². The van der Waals surface area contributed by atoms with Crippen LogP contribution in [0, 0.1) is 5.92 Å². The van der Waals surface area contributed by atoms with Gasteiger partial charge in [0.2, 0.25) is 0 Å². The molecule has 0 saturated heterocycles. The van der Waals surface area contributed by atoms with Crippen LogP contribution in [0.5, 0.6) is 0 Å². The van der Waals surface area contributed by atoms with Gasteiger partial charge in [0, 0.05) is 6.54 Å². The van der Waals surface area contributed by atoms with E-state index in [1.54, 1.807) is 13.8 Å². The van der Waals surface area contributed by atoms with Gasteiger partial charge in [-0.25, -0.2) is 9.59 Å². The molecule has 5 nitrogen and oxygen atoms in total. The van der Waals surface area contributed by atoms with Gasteiger partial charge >= 0.3 is 12.1 Å². The van der Waals surface area contributed by atoms with E-state index in [1.165, 1.54) is 4.90 Å². The maximum atomic E-state index is 12.4. The minimum Gasteiger partial charge on any atom is -0.464 e. The third kappa shape index (κ3) is 5.06. The SMILES string of the molecule is CCOC(=O)C(c1ccccc1)N(CC(C)C)C(=O)OCC. The van der Waals surface area contributed by atoms with Crippen LogP contribution in [0.3, 0.4) is 0 Å². The largest absolute Gasteiger partial charge is 0.464 e. The van der Waals surface area contributed by atoms with Crippen molar-refractivity contribution in [2.24, 2.45) is 5.92 Å². The van der Waals surface area contributed by atoms with E-state index in [4.69, 9.17) is 9.47 Å². The molecule has 0 bridgehead atoms. The van der Waals surface area contributed by atoms with E-state index >= 15 is 0 Å². The van der Waals surface area contributed by atoms with Crippen LogP contribution in [0.4, 0.5) is 4.79 Å². The Kier molecular flexibility index (Phi) is 7.43. The highest BCUT2D eigenvalue weighted by Crippen LogP contribution is 2.24. The molecular weight excluding hydrogens is 282 g/mol. The first-order valence-corrected chi connectivity index (χ1v) is 7.66. The number of rotatable bonds is 7. The molecule has 1 unspecified atom stereocenters. The quantitative estimate of drug-likeness (QED) is 0.724. The molecule has 5 heteroatoms. The van der Waals surface area contributed by atoms with Crippen molar-refractivity contribution in [3.63, 3.8) is 0 Å². The Hall–Kier alpha value is -2.04. The number of nitrogens with zero attached hydrogens (tertiary/aromatic N) is 1. The maximum Gasteiger partial charge on any atom is 0.410 e. The third-order valence-corrected chi connectivity index (χ3v) is 3.00. The summed E-state index contributed by atoms with van der Waals surface area (Å²) in [5.74, 6) is -0.243. The third-order valence-electron chi connectivity index (χ3n) is 3.00. The zero-order valence-electron chi connectivity index (χ0n) is 13.7. The first kappa shape index (κ1) is 18.0. The topological polar surface area (TPSA) is 55.8 Å². The average molecular weight is 307 g/mol. The predicted octanol–water partition coefficient (Wildman–Crippen LogP) is 3.41. The van der Waals surface area contributed by atoms with Crippen molar-refractivity contribution in [3.05, 3.63) is 35.9 Å². The van der Waals surface area contributed by atoms with Gasteiger partial charge in [0.25, 0.3) is 0 Å². The lowest BCUT2D eigenvalue weighted by Gasteiger charge is -2.31. The summed E-state index contributed by atoms with van der Waals surface area (Å²) in [7, 11) is 0. The zero-order chi connectivity index (χ0) is 16.5. The number of esters is 1. The number of ether oxygens (including phenoxy) is 2. The lowest BCUT2D eigenvalue weighted by molar-refractivity contribution is -0.149. The highest BCUT2D eigenvalue weighted by atomic mass is 16.6. The Morgan fingerprint density at radius 2 is 1.64 bits per heavy atom. The fourth-order valence-corrected chi connectivity index (χ4v) is 2.18. The van der Waals surface area contributed by atoms with Gasteiger partial charge in [0.15, 0.2) is 6.04 Å². The van der Waals surface area contributed by atoms with Crippen LogP contribution in [0.1, 0.15) is 39.3 Å². The lowest BCUT2D eigenvalue weighted by atomic mass is 10.0. The maximum absolute atomic E-state index is 12.4. The summed E-state index contributed by atoms with van der Waals surface area (Å²) in [5.41, 5.74) is 0.717. The van der Waals surface area contributed by atoms with Crippen LogP contribution >= 0.6 is 0 Å². The smallest absolute Gasteiger partial charge is 0.410 e. The molecule has 1 aromatic carbocycles. The first-order chi connectivity index (χ1) is 10.5. The van der Waals surface area contributed by atoms with E-state index in [0.717, 1.165) is 5.56 Å². The molecule has 0 aromatic heterocycles. The van der Waals surface area contributed by atoms with Crippen LogP contribution in [0.2, 0.25) is 0 Å². The molecule has 0 heterocycles. The van der Waals surface area contributed by atoms with Gasteiger partial charge in [-0.1, -0.05) is 44.2 Å². The molecule has 0 saturated carbocycles. The number of hydrogen-bond donors (Lipinski definition) is 0. The van der Waals surface area contributed by atoms with Gasteiger partial charge in [-0.3, -0.25) is 4.90 Å². The second-order valence-corrected chi connectivity index (χ2v) is 5.31. The van der Waals surface area contributed by atoms with Crippen molar-refractivity contribution in [1.29, 1.82) is 0 Å². The number of carbonyl (C=O) groups excluding carboxylic acids is 2. The van der Waals surface area contributed by atoms with E-state index < -0.39 is 18.1 Å². The first-order valence-electron chi connectivity index (χ1n) is 7.66. The molecule has 22 heavy (non-hydrogen) atoms. The second-order valence-electron chi connectivity index (χ2n) is 5.31. The van der Waals surface area contributed by atoms with Crippen LogP contribution in [0.25, 0.3) is 0 Å². The predicted molar refractivity (Wildman–Crippen MR) is 84.4 cm³/mol. The fourth-order valence-electron chi connectivity index (χ4n) is 2.18. The summed E-state index contributed by atoms with van der Waals surface area (Å²) in [4.78, 5) is 26.1. The normalized spacial score (nSPS) is 11.9. The van der Waals surface area contributed by atoms with Crippen molar-refractivity contribution in [2.75, 3.05) is 19.8 Å². The summed E-state index contributed by atoms with van der Waals surface area (Å²) < 4.78 is 10.3. The number of benzene rings is 1. The van der Waals surface area contributed by atoms with Crippen molar-refractivity contribution in [2.45, 2.75) is 33.7 Å². The van der Waals surface area contributed by atoms with Gasteiger partial charge in [0.05, 0.1) is 13.2 Å². The molecule has 122 valence electrons. The van der Waals surface area contributed by atoms with E-state index in [1.807, 2.05) is 44.2 Å². The van der Waals surface area contributed by atoms with Crippen molar-refractivity contribution >= 4 is 12.1 Å². The van der Waals surface area contributed by atoms with E-state index in [0.29, 0.717) is 6.54 Å². The average Bonchev–Trinajstić information content (AvgIpc) is 2.48. The Balaban J connectivity index is 3.18. The zero-order valence-corrected chi connectivity index (χ0v) is 13.7. The highest BCUT2D eigenvalue weighted by molar-refractivity contribution is 5.83. The molecule has 1 atom stereocenters. The number of carbonyl (C=O) groups is 2. The molecule has 0 radical (unpaired) electrons. The minimum absolute atomic E-state index is 0.199. The van der Waals surface area contributed by atoms with Crippen LogP contribution < -0.4 is 0 Å². The van der Waals surface area contributed by atoms with Crippen LogP contribution in [0.15, 0.2) is 30.3 Å². The number of hydrogen-bond acceptors (Lipinski definition) is 4. The van der Waals surface area contributed by atoms with Crippen molar-refractivity contribution in [3.8, 4) is 0 Å². The van der Waals surface area contributed by atoms with Gasteiger partial charge in [-0.05, 0) is 25.3 Å². The molecule has 0 fully saturated rings. The van der Waals surface area contributed by atoms with Gasteiger partial charge < -0.3 is 9.47 Å². The molecule has 1 rings (SSSR count). The second kappa shape index (κ2) is 9.07. The van der Waals surface area contributed by atoms with Crippen molar-refractivity contribution in [1.82, 2.24) is 4.90 Å². The summed E-state index contributed by atoms with van der Waals surface area (Å²) in [5, 5.41) is 0. The van der Waals surface area contributed by atoms with Crippen LogP contribution in [-0.4, -0.2) is 36.7 Å². The molecule has 1 amide bonds. The molecule has 0 aliphatic rings. The summed E-state index contributed by atoms with van der Waals surface area (Å²) in [6, 6.07) is 8.37. The summed E-state index contributed by atoms with van der Waals surface area (Å²) >= 11 is 0. The van der Waals surface area contributed by atoms with Gasteiger partial charge in [-0.2, -0.15) is 0 Å². The van der Waals surface area contributed by atoms with E-state index in [9.17, 15) is 9.59 Å². The molecule has 0 spiro atoms. The molecular formula is C17H25NO4. The Labute approximate surface area is 132 Å². The Morgan fingerprint density at radius 1 is 1.05 bits per heavy atom. The molecule has 0 aliphatic carbocycles. The Morgan fingerprint density at radius 3 is 2.14 bits per heavy atom. The highest BCUT2D eigenvalue weighted by Gasteiger charge is 2.33. The standard InChI is InChI=1S/C17H25NO4/c1-5-21-16(19)15(14-10-8-7-9-11-14)18(12-13(3)4)17(20)22-6-2/h7-11,13,15H,5-6,12H2,1-4H3. The summed E-state index contributed by atoms with van der Waals surface area (Å²) in [6.07, 6.45) is -0.502. The molecule has 0 aliphatic heterocycles. The van der Waals surface area contributed by atoms with E-state index in [-0.39, 0.29) is 19.1 Å². The van der Waals surface area contributed by atoms with Gasteiger partial charge in [0.1, 0.15) is 0 Å². The van der Waals surface area contributed by atoms with E-state index in [2.05, 4.69) is 0 Å². The monoisotopic (exact) mass is 307 g/mol. The molecule has 0 N–H and O–H groups in total. The van der Waals surface area contributed by atoms with Crippen molar-refractivity contribution < 1.29 is 19.1 Å². The Bertz CT molecular complexity index is 473. The fraction of sp³-hybridized carbons (Fsp3) is 0.529. The minimum atomic E-state index is -0.789. The van der Waals surface area contributed by atoms with Gasteiger partial charge in [-0.15, -0.1) is 0 Å². The summed E-state index contributed by atoms with van der Waals surface area (Å²) in [6.45, 7) is 8.40.